The van der Waals surface area contributed by atoms with Crippen molar-refractivity contribution >= 4 is 23.2 Å². The number of halogens is 2. The van der Waals surface area contributed by atoms with Gasteiger partial charge in [0.2, 0.25) is 0 Å². The highest BCUT2D eigenvalue weighted by Gasteiger charge is 2.34. The van der Waals surface area contributed by atoms with Gasteiger partial charge in [0.15, 0.2) is 0 Å². The summed E-state index contributed by atoms with van der Waals surface area (Å²) >= 11 is 12.1. The largest absolute Gasteiger partial charge is 0.393 e. The van der Waals surface area contributed by atoms with Crippen molar-refractivity contribution in [2.24, 2.45) is 11.8 Å². The van der Waals surface area contributed by atoms with Gasteiger partial charge in [-0.15, -0.1) is 0 Å². The van der Waals surface area contributed by atoms with Crippen LogP contribution in [0.15, 0.2) is 109 Å². The zero-order valence-electron chi connectivity index (χ0n) is 27.1. The quantitative estimate of drug-likeness (QED) is 0.199. The lowest BCUT2D eigenvalue weighted by molar-refractivity contribution is 0.0519. The molecule has 0 bridgehead atoms. The van der Waals surface area contributed by atoms with Gasteiger partial charge >= 0.3 is 0 Å². The van der Waals surface area contributed by atoms with E-state index in [9.17, 15) is 10.2 Å². The molecule has 6 rings (SSSR count). The molecule has 2 aliphatic heterocycles. The lowest BCUT2D eigenvalue weighted by Crippen LogP contribution is -2.42. The Balaban J connectivity index is 0.000000181. The molecule has 0 unspecified atom stereocenters. The Kier molecular flexibility index (Phi) is 12.7. The fourth-order valence-electron chi connectivity index (χ4n) is 7.33. The molecule has 2 aliphatic rings. The molecule has 6 atom stereocenters. The Morgan fingerprint density at radius 1 is 0.565 bits per heavy atom. The van der Waals surface area contributed by atoms with Crippen molar-refractivity contribution in [3.63, 3.8) is 0 Å². The molecule has 0 spiro atoms. The van der Waals surface area contributed by atoms with Gasteiger partial charge in [-0.1, -0.05) is 108 Å². The van der Waals surface area contributed by atoms with Crippen LogP contribution in [0.4, 0.5) is 0 Å². The number of rotatable bonds is 8. The van der Waals surface area contributed by atoms with E-state index in [1.165, 1.54) is 22.3 Å². The van der Waals surface area contributed by atoms with Crippen LogP contribution in [0.2, 0.25) is 10.0 Å². The highest BCUT2D eigenvalue weighted by Crippen LogP contribution is 2.37. The molecule has 244 valence electrons. The maximum Gasteiger partial charge on any atom is 0.0547 e. The second-order valence-electron chi connectivity index (χ2n) is 13.1. The molecule has 0 radical (unpaired) electrons. The minimum absolute atomic E-state index is 0.283. The summed E-state index contributed by atoms with van der Waals surface area (Å²) in [5, 5.41) is 21.9. The third-order valence-corrected chi connectivity index (χ3v) is 10.3. The Morgan fingerprint density at radius 3 is 1.24 bits per heavy atom. The van der Waals surface area contributed by atoms with Gasteiger partial charge in [0.1, 0.15) is 0 Å². The molecular formula is C40H48Cl2N2O2. The van der Waals surface area contributed by atoms with Gasteiger partial charge in [0.05, 0.1) is 12.2 Å². The van der Waals surface area contributed by atoms with Gasteiger partial charge in [-0.3, -0.25) is 9.80 Å². The SMILES string of the molecule is C[C@@H](O)[C@@H]1CCN(Cc2ccccc2)C[C@H]1c1ccc(Cl)cc1.C[C@H](O)[C@@H]1CCN(Cc2ccccc2)C[C@H]1c1ccc(Cl)cc1. The molecule has 2 N–H and O–H groups in total. The van der Waals surface area contributed by atoms with Crippen molar-refractivity contribution in [3.8, 4) is 0 Å². The number of hydrogen-bond acceptors (Lipinski definition) is 4. The Labute approximate surface area is 285 Å². The molecule has 2 heterocycles. The lowest BCUT2D eigenvalue weighted by Gasteiger charge is -2.40. The molecule has 46 heavy (non-hydrogen) atoms. The molecule has 0 amide bonds. The van der Waals surface area contributed by atoms with Gasteiger partial charge < -0.3 is 10.2 Å². The summed E-state index contributed by atoms with van der Waals surface area (Å²) in [6.07, 6.45) is 1.49. The first-order valence-electron chi connectivity index (χ1n) is 16.7. The van der Waals surface area contributed by atoms with Crippen LogP contribution in [0.1, 0.15) is 60.8 Å². The van der Waals surface area contributed by atoms with Crippen molar-refractivity contribution in [1.29, 1.82) is 0 Å². The molecule has 0 aromatic heterocycles. The predicted molar refractivity (Wildman–Crippen MR) is 191 cm³/mol. The van der Waals surface area contributed by atoms with Gasteiger partial charge in [0, 0.05) is 48.1 Å². The maximum absolute atomic E-state index is 10.2. The van der Waals surface area contributed by atoms with Crippen LogP contribution in [-0.4, -0.2) is 58.4 Å². The molecule has 4 aromatic rings. The fraction of sp³-hybridized carbons (Fsp3) is 0.400. The Hall–Kier alpha value is -2.70. The molecule has 0 saturated carbocycles. The molecular weight excluding hydrogens is 611 g/mol. The highest BCUT2D eigenvalue weighted by atomic mass is 35.5. The van der Waals surface area contributed by atoms with Crippen LogP contribution in [0.25, 0.3) is 0 Å². The van der Waals surface area contributed by atoms with Crippen molar-refractivity contribution < 1.29 is 10.2 Å². The number of aliphatic hydroxyl groups excluding tert-OH is 2. The van der Waals surface area contributed by atoms with Gasteiger partial charge in [0.25, 0.3) is 0 Å². The lowest BCUT2D eigenvalue weighted by atomic mass is 9.78. The molecule has 4 aromatic carbocycles. The minimum Gasteiger partial charge on any atom is -0.393 e. The first-order chi connectivity index (χ1) is 22.3. The topological polar surface area (TPSA) is 46.9 Å². The third-order valence-electron chi connectivity index (χ3n) is 9.83. The summed E-state index contributed by atoms with van der Waals surface area (Å²) < 4.78 is 0. The van der Waals surface area contributed by atoms with E-state index in [2.05, 4.69) is 94.7 Å². The average Bonchev–Trinajstić information content (AvgIpc) is 3.06. The number of hydrogen-bond donors (Lipinski definition) is 2. The first kappa shape index (κ1) is 34.6. The monoisotopic (exact) mass is 658 g/mol. The van der Waals surface area contributed by atoms with E-state index in [-0.39, 0.29) is 12.2 Å². The second kappa shape index (κ2) is 16.9. The molecule has 2 saturated heterocycles. The predicted octanol–water partition coefficient (Wildman–Crippen LogP) is 8.65. The summed E-state index contributed by atoms with van der Waals surface area (Å²) in [5.74, 6) is 1.32. The van der Waals surface area contributed by atoms with E-state index in [0.717, 1.165) is 62.2 Å². The molecule has 6 heteroatoms. The van der Waals surface area contributed by atoms with E-state index < -0.39 is 0 Å². The van der Waals surface area contributed by atoms with Gasteiger partial charge in [-0.05, 0) is 98.1 Å². The molecule has 2 fully saturated rings. The van der Waals surface area contributed by atoms with Crippen LogP contribution in [0.3, 0.4) is 0 Å². The van der Waals surface area contributed by atoms with Crippen molar-refractivity contribution in [3.05, 3.63) is 141 Å². The zero-order valence-corrected chi connectivity index (χ0v) is 28.6. The van der Waals surface area contributed by atoms with E-state index >= 15 is 0 Å². The van der Waals surface area contributed by atoms with Gasteiger partial charge in [-0.25, -0.2) is 0 Å². The van der Waals surface area contributed by atoms with Crippen LogP contribution in [-0.2, 0) is 13.1 Å². The smallest absolute Gasteiger partial charge is 0.0547 e. The average molecular weight is 660 g/mol. The Bertz CT molecular complexity index is 1340. The van der Waals surface area contributed by atoms with E-state index in [4.69, 9.17) is 23.2 Å². The number of nitrogens with zero attached hydrogens (tertiary/aromatic N) is 2. The number of benzene rings is 4. The number of piperidine rings is 2. The maximum atomic E-state index is 10.2. The fourth-order valence-corrected chi connectivity index (χ4v) is 7.58. The van der Waals surface area contributed by atoms with Crippen molar-refractivity contribution in [2.45, 2.75) is 63.8 Å². The normalized spacial score (nSPS) is 23.6. The zero-order chi connectivity index (χ0) is 32.5. The van der Waals surface area contributed by atoms with Crippen molar-refractivity contribution in [2.75, 3.05) is 26.2 Å². The van der Waals surface area contributed by atoms with E-state index in [1.54, 1.807) is 0 Å². The van der Waals surface area contributed by atoms with E-state index in [0.29, 0.717) is 23.7 Å². The van der Waals surface area contributed by atoms with Crippen LogP contribution in [0, 0.1) is 11.8 Å². The van der Waals surface area contributed by atoms with Crippen LogP contribution >= 0.6 is 23.2 Å². The summed E-state index contributed by atoms with van der Waals surface area (Å²) in [5.41, 5.74) is 5.24. The van der Waals surface area contributed by atoms with Crippen LogP contribution < -0.4 is 0 Å². The standard InChI is InChI=1S/2C20H24ClNO/c2*1-15(23)19-11-12-22(13-16-5-3-2-4-6-16)14-20(19)17-7-9-18(21)10-8-17/h2*2-10,15,19-20,23H,11-14H2,1H3/t15-,19+,20+;15-,19-,20-/m10/s1. The number of likely N-dealkylation sites (tertiary alicyclic amines) is 2. The van der Waals surface area contributed by atoms with Crippen molar-refractivity contribution in [1.82, 2.24) is 9.80 Å². The second-order valence-corrected chi connectivity index (χ2v) is 14.0. The van der Waals surface area contributed by atoms with E-state index in [1.807, 2.05) is 38.1 Å². The van der Waals surface area contributed by atoms with Crippen LogP contribution in [0.5, 0.6) is 0 Å². The number of aliphatic hydroxyl groups is 2. The third kappa shape index (κ3) is 9.67. The summed E-state index contributed by atoms with van der Waals surface area (Å²) in [6, 6.07) is 37.4. The first-order valence-corrected chi connectivity index (χ1v) is 17.4. The highest BCUT2D eigenvalue weighted by molar-refractivity contribution is 6.30. The summed E-state index contributed by atoms with van der Waals surface area (Å²) in [4.78, 5) is 4.99. The van der Waals surface area contributed by atoms with Gasteiger partial charge in [-0.2, -0.15) is 0 Å². The molecule has 4 nitrogen and oxygen atoms in total. The summed E-state index contributed by atoms with van der Waals surface area (Å²) in [7, 11) is 0. The summed E-state index contributed by atoms with van der Waals surface area (Å²) in [6.45, 7) is 9.80. The Morgan fingerprint density at radius 2 is 0.913 bits per heavy atom. The molecule has 0 aliphatic carbocycles. The minimum atomic E-state index is -0.283.